The van der Waals surface area contributed by atoms with E-state index in [1.807, 2.05) is 4.90 Å². The number of benzene rings is 1. The molecular formula is C16H20F3N3O3S. The van der Waals surface area contributed by atoms with Crippen LogP contribution in [0.2, 0.25) is 0 Å². The molecule has 2 aliphatic rings. The minimum atomic E-state index is -4.74. The topological polar surface area (TPSA) is 60.9 Å². The van der Waals surface area contributed by atoms with Crippen molar-refractivity contribution in [2.75, 3.05) is 39.8 Å². The molecule has 2 saturated heterocycles. The van der Waals surface area contributed by atoms with E-state index >= 15 is 0 Å². The monoisotopic (exact) mass is 391 g/mol. The lowest BCUT2D eigenvalue weighted by Crippen LogP contribution is -2.53. The lowest BCUT2D eigenvalue weighted by molar-refractivity contribution is -0.140. The van der Waals surface area contributed by atoms with Crippen molar-refractivity contribution in [1.82, 2.24) is 14.1 Å². The van der Waals surface area contributed by atoms with Crippen LogP contribution in [0.25, 0.3) is 0 Å². The maximum Gasteiger partial charge on any atom is 0.417 e. The van der Waals surface area contributed by atoms with Crippen LogP contribution in [0.15, 0.2) is 29.2 Å². The smallest absolute Gasteiger partial charge is 0.344 e. The molecule has 0 saturated carbocycles. The molecule has 2 heterocycles. The number of rotatable bonds is 3. The molecule has 2 aliphatic heterocycles. The Morgan fingerprint density at radius 1 is 1.04 bits per heavy atom. The Morgan fingerprint density at radius 2 is 1.65 bits per heavy atom. The minimum Gasteiger partial charge on any atom is -0.344 e. The number of halogens is 3. The van der Waals surface area contributed by atoms with Gasteiger partial charge < -0.3 is 4.90 Å². The summed E-state index contributed by atoms with van der Waals surface area (Å²) < 4.78 is 66.0. The second-order valence-corrected chi connectivity index (χ2v) is 8.40. The molecule has 26 heavy (non-hydrogen) atoms. The number of piperazine rings is 1. The number of likely N-dealkylation sites (tertiary alicyclic amines) is 1. The van der Waals surface area contributed by atoms with Gasteiger partial charge in [-0.2, -0.15) is 17.5 Å². The summed E-state index contributed by atoms with van der Waals surface area (Å²) in [6.07, 6.45) is -4.06. The van der Waals surface area contributed by atoms with Crippen LogP contribution in [0, 0.1) is 0 Å². The number of alkyl halides is 3. The fraction of sp³-hybridized carbons (Fsp3) is 0.562. The highest BCUT2D eigenvalue weighted by molar-refractivity contribution is 7.89. The molecule has 0 aromatic heterocycles. The largest absolute Gasteiger partial charge is 0.417 e. The standard InChI is InChI=1S/C16H20F3N3O3S/c1-20-7-6-13(15(20)23)21-8-10-22(11-9-21)26(24,25)14-5-3-2-4-12(14)16(17,18)19/h2-5,13H,6-11H2,1H3. The van der Waals surface area contributed by atoms with Gasteiger partial charge in [-0.05, 0) is 18.6 Å². The Kier molecular flexibility index (Phi) is 5.02. The molecule has 144 valence electrons. The van der Waals surface area contributed by atoms with Crippen molar-refractivity contribution in [3.63, 3.8) is 0 Å². The molecule has 10 heteroatoms. The average Bonchev–Trinajstić information content (AvgIpc) is 2.93. The maximum absolute atomic E-state index is 13.2. The highest BCUT2D eigenvalue weighted by Gasteiger charge is 2.41. The van der Waals surface area contributed by atoms with E-state index < -0.39 is 26.7 Å². The summed E-state index contributed by atoms with van der Waals surface area (Å²) in [5, 5.41) is 0. The molecule has 3 rings (SSSR count). The minimum absolute atomic E-state index is 0.00345. The molecule has 0 aliphatic carbocycles. The zero-order valence-electron chi connectivity index (χ0n) is 14.2. The fourth-order valence-corrected chi connectivity index (χ4v) is 5.10. The zero-order valence-corrected chi connectivity index (χ0v) is 15.1. The molecule has 0 spiro atoms. The number of amides is 1. The Hall–Kier alpha value is -1.65. The van der Waals surface area contributed by atoms with Crippen LogP contribution in [0.5, 0.6) is 0 Å². The summed E-state index contributed by atoms with van der Waals surface area (Å²) in [4.78, 5) is 14.9. The summed E-state index contributed by atoms with van der Waals surface area (Å²) in [6, 6.07) is 3.94. The van der Waals surface area contributed by atoms with Gasteiger partial charge in [-0.1, -0.05) is 12.1 Å². The van der Waals surface area contributed by atoms with Crippen molar-refractivity contribution in [2.45, 2.75) is 23.5 Å². The third-order valence-electron chi connectivity index (χ3n) is 4.92. The first kappa shape index (κ1) is 19.1. The Labute approximate surface area is 150 Å². The molecule has 0 radical (unpaired) electrons. The van der Waals surface area contributed by atoms with Crippen LogP contribution in [0.1, 0.15) is 12.0 Å². The lowest BCUT2D eigenvalue weighted by Gasteiger charge is -2.36. The molecule has 1 unspecified atom stereocenters. The van der Waals surface area contributed by atoms with Crippen LogP contribution < -0.4 is 0 Å². The normalized spacial score (nSPS) is 23.6. The molecule has 6 nitrogen and oxygen atoms in total. The first-order chi connectivity index (χ1) is 12.1. The first-order valence-electron chi connectivity index (χ1n) is 8.28. The predicted molar refractivity (Wildman–Crippen MR) is 87.8 cm³/mol. The van der Waals surface area contributed by atoms with E-state index in [-0.39, 0.29) is 25.0 Å². The van der Waals surface area contributed by atoms with Crippen molar-refractivity contribution in [1.29, 1.82) is 0 Å². The highest BCUT2D eigenvalue weighted by atomic mass is 32.2. The van der Waals surface area contributed by atoms with Gasteiger partial charge in [0.1, 0.15) is 0 Å². The second kappa shape index (κ2) is 6.82. The van der Waals surface area contributed by atoms with Crippen molar-refractivity contribution in [2.24, 2.45) is 0 Å². The quantitative estimate of drug-likeness (QED) is 0.778. The second-order valence-electron chi connectivity index (χ2n) is 6.50. The Morgan fingerprint density at radius 3 is 2.19 bits per heavy atom. The van der Waals surface area contributed by atoms with Gasteiger partial charge in [0.05, 0.1) is 16.5 Å². The number of likely N-dealkylation sites (N-methyl/N-ethyl adjacent to an activating group) is 1. The number of carbonyl (C=O) groups excluding carboxylic acids is 1. The van der Waals surface area contributed by atoms with E-state index in [4.69, 9.17) is 0 Å². The van der Waals surface area contributed by atoms with Crippen LogP contribution in [0.3, 0.4) is 0 Å². The van der Waals surface area contributed by atoms with Gasteiger partial charge in [-0.3, -0.25) is 9.69 Å². The van der Waals surface area contributed by atoms with Crippen molar-refractivity contribution < 1.29 is 26.4 Å². The van der Waals surface area contributed by atoms with Gasteiger partial charge in [-0.15, -0.1) is 0 Å². The fourth-order valence-electron chi connectivity index (χ4n) is 3.46. The molecule has 1 aromatic rings. The summed E-state index contributed by atoms with van der Waals surface area (Å²) in [6.45, 7) is 1.40. The number of hydrogen-bond donors (Lipinski definition) is 0. The van der Waals surface area contributed by atoms with Crippen LogP contribution in [-0.2, 0) is 21.0 Å². The Balaban J connectivity index is 1.76. The number of hydrogen-bond acceptors (Lipinski definition) is 4. The van der Waals surface area contributed by atoms with Crippen molar-refractivity contribution in [3.05, 3.63) is 29.8 Å². The molecule has 1 aromatic carbocycles. The van der Waals surface area contributed by atoms with Crippen LogP contribution >= 0.6 is 0 Å². The van der Waals surface area contributed by atoms with Crippen LogP contribution in [-0.4, -0.2) is 74.2 Å². The molecule has 2 fully saturated rings. The van der Waals surface area contributed by atoms with E-state index in [1.165, 1.54) is 12.1 Å². The van der Waals surface area contributed by atoms with E-state index in [1.54, 1.807) is 11.9 Å². The molecular weight excluding hydrogens is 371 g/mol. The maximum atomic E-state index is 13.2. The first-order valence-corrected chi connectivity index (χ1v) is 9.72. The van der Waals surface area contributed by atoms with E-state index in [2.05, 4.69) is 0 Å². The molecule has 0 N–H and O–H groups in total. The molecule has 1 atom stereocenters. The van der Waals surface area contributed by atoms with Gasteiger partial charge in [0, 0.05) is 39.8 Å². The van der Waals surface area contributed by atoms with Gasteiger partial charge in [0.25, 0.3) is 0 Å². The van der Waals surface area contributed by atoms with Gasteiger partial charge in [0.2, 0.25) is 15.9 Å². The van der Waals surface area contributed by atoms with E-state index in [0.717, 1.165) is 16.4 Å². The van der Waals surface area contributed by atoms with Crippen molar-refractivity contribution in [3.8, 4) is 0 Å². The zero-order chi connectivity index (χ0) is 19.1. The summed E-state index contributed by atoms with van der Waals surface area (Å²) in [5.74, 6) is 0.00345. The summed E-state index contributed by atoms with van der Waals surface area (Å²) in [5.41, 5.74) is -1.16. The van der Waals surface area contributed by atoms with Crippen LogP contribution in [0.4, 0.5) is 13.2 Å². The number of sulfonamides is 1. The predicted octanol–water partition coefficient (Wildman–Crippen LogP) is 1.24. The average molecular weight is 391 g/mol. The summed E-state index contributed by atoms with van der Waals surface area (Å²) in [7, 11) is -2.54. The summed E-state index contributed by atoms with van der Waals surface area (Å²) >= 11 is 0. The van der Waals surface area contributed by atoms with E-state index in [0.29, 0.717) is 26.1 Å². The highest BCUT2D eigenvalue weighted by Crippen LogP contribution is 2.35. The van der Waals surface area contributed by atoms with Gasteiger partial charge in [-0.25, -0.2) is 8.42 Å². The van der Waals surface area contributed by atoms with E-state index in [9.17, 15) is 26.4 Å². The molecule has 1 amide bonds. The third kappa shape index (κ3) is 3.45. The SMILES string of the molecule is CN1CCC(N2CCN(S(=O)(=O)c3ccccc3C(F)(F)F)CC2)C1=O. The Bertz CT molecular complexity index is 789. The molecule has 0 bridgehead atoms. The number of nitrogens with zero attached hydrogens (tertiary/aromatic N) is 3. The van der Waals surface area contributed by atoms with Gasteiger partial charge in [0.15, 0.2) is 0 Å². The third-order valence-corrected chi connectivity index (χ3v) is 6.88. The lowest BCUT2D eigenvalue weighted by atomic mass is 10.2. The van der Waals surface area contributed by atoms with Crippen molar-refractivity contribution >= 4 is 15.9 Å². The number of carbonyl (C=O) groups is 1. The van der Waals surface area contributed by atoms with Gasteiger partial charge >= 0.3 is 6.18 Å².